The zero-order chi connectivity index (χ0) is 34.8. The van der Waals surface area contributed by atoms with Crippen LogP contribution in [0.2, 0.25) is 0 Å². The monoisotopic (exact) mass is 612 g/mol. The normalized spacial score (nSPS) is 33.2. The van der Waals surface area contributed by atoms with Crippen molar-refractivity contribution in [3.63, 3.8) is 0 Å². The Kier molecular flexibility index (Phi) is 8.34. The van der Waals surface area contributed by atoms with Crippen molar-refractivity contribution < 1.29 is 41.9 Å². The highest BCUT2D eigenvalue weighted by Gasteiger charge is 2.57. The molecule has 1 aromatic rings. The fraction of sp³-hybridized carbons (Fsp3) is 0.812. The zero-order valence-corrected chi connectivity index (χ0v) is 24.6. The van der Waals surface area contributed by atoms with Crippen LogP contribution in [0, 0.1) is 23.2 Å². The van der Waals surface area contributed by atoms with Crippen LogP contribution in [-0.2, 0) is 17.2 Å². The number of rotatable bonds is 16. The average molecular weight is 613 g/mol. The molecule has 7 atom stereocenters. The van der Waals surface area contributed by atoms with Gasteiger partial charge in [-0.15, -0.1) is 0 Å². The number of fused-ring (bicyclic) bond motifs is 5. The van der Waals surface area contributed by atoms with E-state index in [0.717, 1.165) is 64.2 Å². The summed E-state index contributed by atoms with van der Waals surface area (Å²) in [5, 5.41) is 10.0. The van der Waals surface area contributed by atoms with E-state index in [0.29, 0.717) is 35.8 Å². The van der Waals surface area contributed by atoms with Crippen molar-refractivity contribution in [2.45, 2.75) is 127 Å². The molecular formula is C32H47F5O3S. The maximum Gasteiger partial charge on any atom is 0.453 e. The summed E-state index contributed by atoms with van der Waals surface area (Å²) in [7, 11) is -2.92. The molecule has 0 aliphatic heterocycles. The number of hydrogen-bond donors (Lipinski definition) is 2. The Hall–Kier alpha value is -1.22. The summed E-state index contributed by atoms with van der Waals surface area (Å²) in [5.74, 6) is -2.75. The molecule has 1 aromatic carbocycles. The van der Waals surface area contributed by atoms with Crippen molar-refractivity contribution in [3.05, 3.63) is 29.3 Å². The van der Waals surface area contributed by atoms with E-state index in [9.17, 15) is 26.2 Å². The molecule has 2 saturated carbocycles. The molecule has 3 aliphatic carbocycles. The molecule has 41 heavy (non-hydrogen) atoms. The van der Waals surface area contributed by atoms with Crippen LogP contribution in [0.1, 0.15) is 119 Å². The SMILES string of the molecule is [2H]Oc1ccc2c(c1)C[C@@H](CCCCCCCCC([2H])([2H])S(=O)C([2H])([2H])CCC(F)(F)C(F)(F)F)C1C2CC[C@]2(C)[C@@H](O[2H])CC[C@@H]12. The number of aromatic hydroxyl groups is 1. The highest BCUT2D eigenvalue weighted by atomic mass is 32.2. The number of benzene rings is 1. The van der Waals surface area contributed by atoms with Gasteiger partial charge in [-0.25, -0.2) is 0 Å². The first-order valence-electron chi connectivity index (χ1n) is 17.9. The van der Waals surface area contributed by atoms with Gasteiger partial charge in [0.05, 0.1) is 6.10 Å². The van der Waals surface area contributed by atoms with Gasteiger partial charge in [-0.1, -0.05) is 51.5 Å². The van der Waals surface area contributed by atoms with E-state index in [4.69, 9.17) is 18.6 Å². The largest absolute Gasteiger partial charge is 0.508 e. The second-order valence-corrected chi connectivity index (χ2v) is 13.8. The fourth-order valence-electron chi connectivity index (χ4n) is 7.90. The Balaban J connectivity index is 1.25. The Morgan fingerprint density at radius 3 is 2.41 bits per heavy atom. The molecule has 0 saturated heterocycles. The maximum absolute atomic E-state index is 13.3. The molecule has 234 valence electrons. The van der Waals surface area contributed by atoms with E-state index >= 15 is 0 Å². The fourth-order valence-corrected chi connectivity index (χ4v) is 8.62. The highest BCUT2D eigenvalue weighted by Crippen LogP contribution is 2.62. The number of unbranched alkanes of at least 4 members (excludes halogenated alkanes) is 5. The molecule has 0 amide bonds. The maximum atomic E-state index is 13.3. The van der Waals surface area contributed by atoms with Gasteiger partial charge < -0.3 is 10.2 Å². The van der Waals surface area contributed by atoms with Crippen molar-refractivity contribution in [2.75, 3.05) is 11.4 Å². The molecule has 3 nitrogen and oxygen atoms in total. The Morgan fingerprint density at radius 1 is 1.00 bits per heavy atom. The van der Waals surface area contributed by atoms with Crippen molar-refractivity contribution in [3.8, 4) is 5.75 Å². The summed E-state index contributed by atoms with van der Waals surface area (Å²) in [6, 6.07) is 6.00. The molecular weight excluding hydrogens is 559 g/mol. The van der Waals surface area contributed by atoms with Gasteiger partial charge in [0.15, 0.2) is 0 Å². The van der Waals surface area contributed by atoms with Gasteiger partial charge in [-0.05, 0) is 104 Å². The Labute approximate surface area is 252 Å². The van der Waals surface area contributed by atoms with E-state index in [-0.39, 0.29) is 24.4 Å². The Bertz CT molecular complexity index is 1240. The van der Waals surface area contributed by atoms with Gasteiger partial charge in [0, 0.05) is 34.1 Å². The van der Waals surface area contributed by atoms with E-state index in [1.165, 1.54) is 11.1 Å². The van der Waals surface area contributed by atoms with E-state index in [2.05, 4.69) is 13.0 Å². The third kappa shape index (κ3) is 7.66. The molecule has 2 fully saturated rings. The number of aliphatic hydroxyl groups excluding tert-OH is 1. The number of halogens is 5. The summed E-state index contributed by atoms with van der Waals surface area (Å²) >= 11 is 0. The molecule has 0 bridgehead atoms. The minimum absolute atomic E-state index is 0.00871. The van der Waals surface area contributed by atoms with Gasteiger partial charge in [0.25, 0.3) is 1.43 Å². The van der Waals surface area contributed by atoms with Gasteiger partial charge in [0.2, 0.25) is 1.43 Å². The van der Waals surface area contributed by atoms with Crippen molar-refractivity contribution in [2.24, 2.45) is 23.2 Å². The van der Waals surface area contributed by atoms with Crippen LogP contribution in [0.25, 0.3) is 0 Å². The van der Waals surface area contributed by atoms with Crippen molar-refractivity contribution in [1.82, 2.24) is 0 Å². The van der Waals surface area contributed by atoms with Crippen molar-refractivity contribution in [1.29, 1.82) is 2.86 Å². The molecule has 0 radical (unpaired) electrons. The third-order valence-electron chi connectivity index (χ3n) is 10.1. The second kappa shape index (κ2) is 13.6. The quantitative estimate of drug-likeness (QED) is 0.145. The summed E-state index contributed by atoms with van der Waals surface area (Å²) in [5.41, 5.74) is -2.99. The molecule has 3 aliphatic rings. The Morgan fingerprint density at radius 2 is 1.71 bits per heavy atom. The lowest BCUT2D eigenvalue weighted by Gasteiger charge is -2.53. The average Bonchev–Trinajstić information content (AvgIpc) is 3.36. The van der Waals surface area contributed by atoms with Gasteiger partial charge in [0.1, 0.15) is 5.75 Å². The lowest BCUT2D eigenvalue weighted by atomic mass is 9.52. The summed E-state index contributed by atoms with van der Waals surface area (Å²) in [6.07, 6.45) is 1.04. The third-order valence-corrected chi connectivity index (χ3v) is 11.0. The smallest absolute Gasteiger partial charge is 0.453 e. The molecule has 9 heteroatoms. The topological polar surface area (TPSA) is 57.5 Å². The number of phenolic OH excluding ortho intramolecular Hbond substituents is 1. The first-order chi connectivity index (χ1) is 21.9. The number of alkyl halides is 5. The molecule has 3 unspecified atom stereocenters. The van der Waals surface area contributed by atoms with Gasteiger partial charge in [-0.2, -0.15) is 22.0 Å². The standard InChI is InChI=1S/C32H47F5O3S/c1-30-17-15-26-25-12-11-24(38)21-23(25)20-22(29(26)27(30)13-14-28(30)39)10-7-5-3-2-4-6-8-18-41(40)19-9-16-31(33,34)32(35,36)37/h11-12,21-22,26-29,38-39H,2-10,13-20H2,1H3/t22-,26?,27+,28+,29?,30+,41?/m1/s1/i18D2,19D2,39D/hD. The molecule has 4 rings (SSSR count). The number of phenols is 1. The van der Waals surface area contributed by atoms with Crippen LogP contribution in [0.3, 0.4) is 0 Å². The first kappa shape index (κ1) is 25.1. The molecule has 0 aromatic heterocycles. The van der Waals surface area contributed by atoms with E-state index in [1.54, 1.807) is 0 Å². The second-order valence-electron chi connectivity index (χ2n) is 12.6. The molecule has 0 heterocycles. The summed E-state index contributed by atoms with van der Waals surface area (Å²) in [6.45, 7) is 2.29. The van der Waals surface area contributed by atoms with Crippen LogP contribution in [0.4, 0.5) is 22.0 Å². The van der Waals surface area contributed by atoms with E-state index in [1.807, 2.05) is 12.1 Å². The highest BCUT2D eigenvalue weighted by molar-refractivity contribution is 7.84. The van der Waals surface area contributed by atoms with Gasteiger partial charge >= 0.3 is 12.1 Å². The summed E-state index contributed by atoms with van der Waals surface area (Å²) < 4.78 is 123. The zero-order valence-electron chi connectivity index (χ0n) is 29.7. The number of hydrogen-bond acceptors (Lipinski definition) is 3. The van der Waals surface area contributed by atoms with Crippen LogP contribution in [-0.4, -0.2) is 46.9 Å². The van der Waals surface area contributed by atoms with Crippen LogP contribution < -0.4 is 0 Å². The van der Waals surface area contributed by atoms with Crippen LogP contribution >= 0.6 is 0 Å². The lowest BCUT2D eigenvalue weighted by molar-refractivity contribution is -0.284. The van der Waals surface area contributed by atoms with Crippen molar-refractivity contribution >= 4 is 10.8 Å². The molecule has 2 N–H and O–H groups in total. The number of aliphatic hydroxyl groups is 1. The predicted molar refractivity (Wildman–Crippen MR) is 153 cm³/mol. The minimum atomic E-state index is -5.86. The van der Waals surface area contributed by atoms with Crippen LogP contribution in [0.15, 0.2) is 18.2 Å². The molecule has 0 spiro atoms. The minimum Gasteiger partial charge on any atom is -0.508 e. The first-order valence-corrected chi connectivity index (χ1v) is 16.3. The lowest BCUT2D eigenvalue weighted by Crippen LogP contribution is -2.47. The summed E-state index contributed by atoms with van der Waals surface area (Å²) in [4.78, 5) is 0. The van der Waals surface area contributed by atoms with Crippen LogP contribution in [0.5, 0.6) is 5.75 Å². The van der Waals surface area contributed by atoms with E-state index < -0.39 is 47.1 Å². The predicted octanol–water partition coefficient (Wildman–Crippen LogP) is 8.68. The van der Waals surface area contributed by atoms with Gasteiger partial charge in [-0.3, -0.25) is 4.21 Å².